The van der Waals surface area contributed by atoms with E-state index in [9.17, 15) is 38.8 Å². The van der Waals surface area contributed by atoms with Gasteiger partial charge in [-0.3, -0.25) is 34.9 Å². The molecule has 0 aliphatic heterocycles. The molecule has 0 heterocycles. The van der Waals surface area contributed by atoms with E-state index in [4.69, 9.17) is 4.55 Å². The quantitative estimate of drug-likeness (QED) is 0.480. The van der Waals surface area contributed by atoms with Crippen LogP contribution < -0.4 is 0 Å². The molecule has 0 saturated heterocycles. The Labute approximate surface area is 109 Å². The van der Waals surface area contributed by atoms with Gasteiger partial charge in [0.2, 0.25) is 0 Å². The molecule has 0 radical (unpaired) electrons. The molecule has 108 valence electrons. The minimum absolute atomic E-state index is 0.429. The molecule has 1 aromatic carbocycles. The van der Waals surface area contributed by atoms with Crippen LogP contribution in [0.5, 0.6) is 0 Å². The maximum Gasteiger partial charge on any atom is 0.424 e. The van der Waals surface area contributed by atoms with Gasteiger partial charge in [-0.25, -0.2) is 0 Å². The Morgan fingerprint density at radius 1 is 0.950 bits per heavy atom. The van der Waals surface area contributed by atoms with Crippen LogP contribution in [-0.4, -0.2) is 27.7 Å². The van der Waals surface area contributed by atoms with Gasteiger partial charge in [0, 0.05) is 5.56 Å². The predicted octanol–water partition coefficient (Wildman–Crippen LogP) is 0.966. The van der Waals surface area contributed by atoms with E-state index in [0.717, 1.165) is 6.92 Å². The van der Waals surface area contributed by atoms with E-state index in [1.54, 1.807) is 0 Å². The molecule has 0 saturated carbocycles. The van der Waals surface area contributed by atoms with Crippen molar-refractivity contribution in [3.8, 4) is 0 Å². The number of nitro groups is 3. The van der Waals surface area contributed by atoms with Crippen molar-refractivity contribution in [3.05, 3.63) is 42.0 Å². The number of aryl methyl sites for hydroxylation is 1. The zero-order chi connectivity index (χ0) is 15.8. The van der Waals surface area contributed by atoms with Crippen LogP contribution in [0.15, 0.2) is 11.0 Å². The van der Waals surface area contributed by atoms with Crippen molar-refractivity contribution in [2.45, 2.75) is 11.8 Å². The fraction of sp³-hybridized carbons (Fsp3) is 0.143. The summed E-state index contributed by atoms with van der Waals surface area (Å²) >= 11 is 0. The molecule has 0 aromatic heterocycles. The summed E-state index contributed by atoms with van der Waals surface area (Å²) in [4.78, 5) is 26.8. The van der Waals surface area contributed by atoms with Crippen LogP contribution in [0.2, 0.25) is 0 Å². The number of nitrogens with zero attached hydrogens (tertiary/aromatic N) is 3. The Balaban J connectivity index is 4.11. The first-order valence-corrected chi connectivity index (χ1v) is 6.00. The minimum atomic E-state index is -5.17. The number of hydrogen-bond acceptors (Lipinski definition) is 8. The summed E-state index contributed by atoms with van der Waals surface area (Å²) < 4.78 is 30.9. The van der Waals surface area contributed by atoms with Crippen molar-refractivity contribution in [3.63, 3.8) is 0 Å². The Morgan fingerprint density at radius 3 is 1.65 bits per heavy atom. The average Bonchev–Trinajstić information content (AvgIpc) is 2.24. The van der Waals surface area contributed by atoms with Crippen molar-refractivity contribution in [1.29, 1.82) is 0 Å². The second-order valence-corrected chi connectivity index (χ2v) is 4.87. The van der Waals surface area contributed by atoms with E-state index in [1.807, 2.05) is 0 Å². The van der Waals surface area contributed by atoms with Crippen molar-refractivity contribution < 1.29 is 27.7 Å². The Hall–Kier alpha value is -2.67. The maximum absolute atomic E-state index is 11.0. The lowest BCUT2D eigenvalue weighted by molar-refractivity contribution is -0.442. The van der Waals surface area contributed by atoms with E-state index in [-0.39, 0.29) is 0 Å². The van der Waals surface area contributed by atoms with Crippen LogP contribution in [0.4, 0.5) is 17.1 Å². The largest absolute Gasteiger partial charge is 0.424 e. The molecule has 0 bridgehead atoms. The smallest absolute Gasteiger partial charge is 0.282 e. The first-order chi connectivity index (χ1) is 8.98. The van der Waals surface area contributed by atoms with Crippen molar-refractivity contribution >= 4 is 27.2 Å². The monoisotopic (exact) mass is 307 g/mol. The molecule has 0 atom stereocenters. The zero-order valence-electron chi connectivity index (χ0n) is 9.54. The van der Waals surface area contributed by atoms with E-state index in [2.05, 4.69) is 0 Å². The highest BCUT2D eigenvalue weighted by molar-refractivity contribution is 7.86. The van der Waals surface area contributed by atoms with Gasteiger partial charge in [0.15, 0.2) is 4.90 Å². The second kappa shape index (κ2) is 4.78. The molecule has 20 heavy (non-hydrogen) atoms. The fourth-order valence-electron chi connectivity index (χ4n) is 1.53. The molecule has 0 fully saturated rings. The normalized spacial score (nSPS) is 11.1. The third-order valence-electron chi connectivity index (χ3n) is 2.23. The average molecular weight is 307 g/mol. The van der Waals surface area contributed by atoms with Gasteiger partial charge < -0.3 is 0 Å². The summed E-state index contributed by atoms with van der Waals surface area (Å²) in [7, 11) is -5.17. The molecule has 12 nitrogen and oxygen atoms in total. The van der Waals surface area contributed by atoms with Gasteiger partial charge in [0.05, 0.1) is 14.8 Å². The Bertz CT molecular complexity index is 738. The lowest BCUT2D eigenvalue weighted by atomic mass is 10.1. The molecule has 13 heteroatoms. The van der Waals surface area contributed by atoms with E-state index in [1.165, 1.54) is 0 Å². The number of nitro benzene ring substituents is 3. The third-order valence-corrected chi connectivity index (χ3v) is 3.10. The molecule has 0 unspecified atom stereocenters. The fourth-order valence-corrected chi connectivity index (χ4v) is 2.27. The molecule has 0 amide bonds. The summed E-state index contributed by atoms with van der Waals surface area (Å²) in [5.74, 6) is 0. The van der Waals surface area contributed by atoms with Crippen molar-refractivity contribution in [2.75, 3.05) is 0 Å². The molecular formula is C7H5N3O9S. The van der Waals surface area contributed by atoms with Gasteiger partial charge in [-0.05, 0) is 13.0 Å². The van der Waals surface area contributed by atoms with E-state index in [0.29, 0.717) is 6.07 Å². The highest BCUT2D eigenvalue weighted by Gasteiger charge is 2.43. The second-order valence-electron chi connectivity index (χ2n) is 3.48. The number of benzene rings is 1. The predicted molar refractivity (Wildman–Crippen MR) is 61.0 cm³/mol. The lowest BCUT2D eigenvalue weighted by Gasteiger charge is -2.04. The topological polar surface area (TPSA) is 184 Å². The molecule has 0 spiro atoms. The molecule has 1 rings (SSSR count). The zero-order valence-corrected chi connectivity index (χ0v) is 10.4. The standard InChI is InChI=1S/C7H5N3O9S/c1-3-2-4(20(17,18)19)6(9(13)14)7(10(15)16)5(3)8(11)12/h2H,1H3,(H,17,18,19). The van der Waals surface area contributed by atoms with E-state index >= 15 is 0 Å². The third kappa shape index (κ3) is 2.52. The minimum Gasteiger partial charge on any atom is -0.282 e. The summed E-state index contributed by atoms with van der Waals surface area (Å²) in [6.07, 6.45) is 0. The van der Waals surface area contributed by atoms with Crippen LogP contribution >= 0.6 is 0 Å². The van der Waals surface area contributed by atoms with Crippen LogP contribution in [0.25, 0.3) is 0 Å². The van der Waals surface area contributed by atoms with Crippen molar-refractivity contribution in [1.82, 2.24) is 0 Å². The Morgan fingerprint density at radius 2 is 1.35 bits per heavy atom. The van der Waals surface area contributed by atoms with Gasteiger partial charge in [-0.15, -0.1) is 0 Å². The van der Waals surface area contributed by atoms with Crippen LogP contribution in [0.3, 0.4) is 0 Å². The van der Waals surface area contributed by atoms with Gasteiger partial charge in [-0.2, -0.15) is 8.42 Å². The molecule has 0 aliphatic rings. The Kier molecular flexibility index (Phi) is 3.68. The molecule has 1 aromatic rings. The van der Waals surface area contributed by atoms with E-state index < -0.39 is 52.4 Å². The maximum atomic E-state index is 11.0. The summed E-state index contributed by atoms with van der Waals surface area (Å²) in [6, 6.07) is 0.429. The summed E-state index contributed by atoms with van der Waals surface area (Å²) in [5.41, 5.74) is -4.99. The van der Waals surface area contributed by atoms with Crippen LogP contribution in [0.1, 0.15) is 5.56 Å². The molecule has 1 N–H and O–H groups in total. The van der Waals surface area contributed by atoms with Gasteiger partial charge in [-0.1, -0.05) is 0 Å². The summed E-state index contributed by atoms with van der Waals surface area (Å²) in [6.45, 7) is 0.948. The highest BCUT2D eigenvalue weighted by Crippen LogP contribution is 2.43. The van der Waals surface area contributed by atoms with Crippen LogP contribution in [0, 0.1) is 37.3 Å². The van der Waals surface area contributed by atoms with Gasteiger partial charge in [0.25, 0.3) is 0 Å². The highest BCUT2D eigenvalue weighted by atomic mass is 32.2. The number of rotatable bonds is 4. The first kappa shape index (κ1) is 15.4. The lowest BCUT2D eigenvalue weighted by Crippen LogP contribution is -2.09. The summed E-state index contributed by atoms with van der Waals surface area (Å²) in [5, 5.41) is 32.3. The SMILES string of the molecule is Cc1cc(S(=O)(=O)O)c([N+](=O)[O-])c([N+](=O)[O-])c1[N+](=O)[O-]. The van der Waals surface area contributed by atoms with Gasteiger partial charge >= 0.3 is 27.2 Å². The number of hydrogen-bond donors (Lipinski definition) is 1. The van der Waals surface area contributed by atoms with Crippen LogP contribution in [-0.2, 0) is 10.1 Å². The first-order valence-electron chi connectivity index (χ1n) is 4.56. The molecule has 0 aliphatic carbocycles. The molecular weight excluding hydrogens is 302 g/mol. The van der Waals surface area contributed by atoms with Crippen molar-refractivity contribution in [2.24, 2.45) is 0 Å². The van der Waals surface area contributed by atoms with Gasteiger partial charge in [0.1, 0.15) is 0 Å².